The van der Waals surface area contributed by atoms with Crippen LogP contribution in [0.3, 0.4) is 0 Å². The first-order chi connectivity index (χ1) is 34.5. The van der Waals surface area contributed by atoms with Crippen molar-refractivity contribution in [2.75, 3.05) is 0 Å². The third-order valence-electron chi connectivity index (χ3n) is 13.3. The summed E-state index contributed by atoms with van der Waals surface area (Å²) in [7, 11) is 0. The van der Waals surface area contributed by atoms with Gasteiger partial charge in [0.05, 0.1) is 22.6 Å². The van der Waals surface area contributed by atoms with Gasteiger partial charge in [0.2, 0.25) is 0 Å². The van der Waals surface area contributed by atoms with E-state index in [2.05, 4.69) is 145 Å². The molecule has 0 saturated heterocycles. The molecule has 0 aliphatic heterocycles. The maximum Gasteiger partial charge on any atom is 0 e. The number of imidazole rings is 1. The Balaban J connectivity index is 0.000000183. The van der Waals surface area contributed by atoms with E-state index in [0.717, 1.165) is 117 Å². The molecule has 0 amide bonds. The summed E-state index contributed by atoms with van der Waals surface area (Å²) in [5.41, 5.74) is 13.6. The molecule has 8 heteroatoms. The number of benzene rings is 6. The zero-order valence-corrected chi connectivity index (χ0v) is 44.4. The van der Waals surface area contributed by atoms with E-state index < -0.39 is 26.5 Å². The molecule has 1 radical (unpaired) electrons. The maximum absolute atomic E-state index is 8.95. The molecule has 5 nitrogen and oxygen atoms in total. The quantitative estimate of drug-likeness (QED) is 0.118. The van der Waals surface area contributed by atoms with Gasteiger partial charge in [-0.05, 0) is 54.4 Å². The number of aryl methyl sites for hydroxylation is 4. The monoisotopic (exact) mass is 1150 g/mol. The van der Waals surface area contributed by atoms with E-state index in [0.29, 0.717) is 11.3 Å². The smallest absolute Gasteiger partial charge is 0 e. The molecule has 6 aromatic carbocycles. The van der Waals surface area contributed by atoms with Gasteiger partial charge in [-0.25, -0.2) is 4.98 Å². The second-order valence-electron chi connectivity index (χ2n) is 19.0. The number of thiophene rings is 1. The number of hydrogen-bond donors (Lipinski definition) is 0. The van der Waals surface area contributed by atoms with E-state index >= 15 is 0 Å². The van der Waals surface area contributed by atoms with Crippen molar-refractivity contribution in [2.45, 2.75) is 76.9 Å². The molecule has 11 aromatic rings. The largest absolute Gasteiger partial charge is 0 e. The van der Waals surface area contributed by atoms with Crippen LogP contribution in [0, 0.1) is 45.7 Å². The average Bonchev–Trinajstić information content (AvgIpc) is 4.20. The van der Waals surface area contributed by atoms with Crippen molar-refractivity contribution in [3.05, 3.63) is 174 Å². The first kappa shape index (κ1) is 40.2. The third-order valence-corrected chi connectivity index (χ3v) is 18.6. The SMILES string of the molecule is Cc1cc2c(oc3ccccc32)c(C)c1-n1c(-c2[c-]cc(C)c3c2sc2nc(-c4ccccc4)ccc23)nc2ccccc21.[2H]C([2H])([2H])c1cc[c-]c(-c2cc(C([2H])([2H])C3CCCC3)[c]([Ge]([CH3])([CH3])[CH3])cn2)c1.[Ir]. The van der Waals surface area contributed by atoms with E-state index in [4.69, 9.17) is 21.2 Å². The molecular weight excluding hydrogens is 1090 g/mol. The molecule has 5 aromatic heterocycles. The van der Waals surface area contributed by atoms with Crippen molar-refractivity contribution in [3.63, 3.8) is 0 Å². The number of hydrogen-bond acceptors (Lipinski definition) is 5. The molecule has 1 aliphatic rings. The number of furan rings is 1. The molecule has 1 aliphatic carbocycles. The van der Waals surface area contributed by atoms with Crippen LogP contribution in [-0.4, -0.2) is 32.8 Å². The van der Waals surface area contributed by atoms with Gasteiger partial charge in [0.1, 0.15) is 16.0 Å². The van der Waals surface area contributed by atoms with Crippen LogP contribution >= 0.6 is 11.3 Å². The topological polar surface area (TPSA) is 56.7 Å². The van der Waals surface area contributed by atoms with Crippen LogP contribution in [-0.2, 0) is 26.5 Å². The molecule has 1 fully saturated rings. The first-order valence-electron chi connectivity index (χ1n) is 25.7. The van der Waals surface area contributed by atoms with E-state index in [1.165, 1.54) is 16.5 Å². The second kappa shape index (κ2) is 18.7. The fourth-order valence-electron chi connectivity index (χ4n) is 9.96. The van der Waals surface area contributed by atoms with E-state index in [1.54, 1.807) is 29.5 Å². The zero-order valence-electron chi connectivity index (χ0n) is 44.0. The number of aromatic nitrogens is 4. The molecule has 5 heterocycles. The standard InChI is InChI=1S/C39H26N3OS.C21H28GeN.Ir/c1-22-17-18-28(37-34(22)27-19-20-30(41-39(27)44-37)25-11-5-4-6-12-25)38-40-31-14-8-9-15-32(31)42(38)35-23(2)21-29-26-13-7-10-16-33(26)43-36(29)24(35)3;1-16-8-7-11-18(12-16)21-14-19(13-17-9-5-6-10-17)20(15-23-21)22(2,3)4;/h4-17,19-21H,1-3H3;7-8,12,14-15,17H,5-6,9-10,13H2,1-4H3;/q2*-1;/i;1D3,13D2;. The molecule has 0 atom stereocenters. The Labute approximate surface area is 426 Å². The fourth-order valence-corrected chi connectivity index (χ4v) is 14.2. The number of nitrogens with zero attached hydrogens (tertiary/aromatic N) is 4. The Morgan fingerprint density at radius 2 is 1.59 bits per heavy atom. The summed E-state index contributed by atoms with van der Waals surface area (Å²) in [6.07, 6.45) is 4.45. The van der Waals surface area contributed by atoms with Crippen LogP contribution in [0.25, 0.3) is 92.9 Å². The summed E-state index contributed by atoms with van der Waals surface area (Å²) >= 11 is -0.635. The molecule has 1 saturated carbocycles. The average molecular weight is 1150 g/mol. The summed E-state index contributed by atoms with van der Waals surface area (Å²) in [6, 6.07) is 49.0. The Kier molecular flexibility index (Phi) is 11.0. The van der Waals surface area contributed by atoms with Gasteiger partial charge in [-0.1, -0.05) is 84.6 Å². The van der Waals surface area contributed by atoms with Gasteiger partial charge in [0, 0.05) is 53.1 Å². The minimum Gasteiger partial charge on any atom is 0 e. The molecule has 68 heavy (non-hydrogen) atoms. The Bertz CT molecular complexity index is 3890. The third kappa shape index (κ3) is 8.46. The minimum absolute atomic E-state index is 0. The van der Waals surface area contributed by atoms with Gasteiger partial charge in [-0.15, -0.1) is 17.7 Å². The molecule has 0 spiro atoms. The normalized spacial score (nSPS) is 14.6. The van der Waals surface area contributed by atoms with Gasteiger partial charge < -0.3 is 8.98 Å². The fraction of sp³-hybridized carbons (Fsp3) is 0.217. The van der Waals surface area contributed by atoms with Crippen molar-refractivity contribution >= 4 is 82.3 Å². The van der Waals surface area contributed by atoms with E-state index in [9.17, 15) is 0 Å². The summed E-state index contributed by atoms with van der Waals surface area (Å²) in [4.78, 5) is 16.0. The molecule has 0 N–H and O–H groups in total. The van der Waals surface area contributed by atoms with Crippen molar-refractivity contribution < 1.29 is 31.4 Å². The van der Waals surface area contributed by atoms with Crippen LogP contribution in [0.2, 0.25) is 17.3 Å². The molecule has 12 rings (SSSR count). The van der Waals surface area contributed by atoms with Gasteiger partial charge in [-0.2, -0.15) is 11.3 Å². The summed E-state index contributed by atoms with van der Waals surface area (Å²) in [5.74, 6) is 7.67. The predicted octanol–water partition coefficient (Wildman–Crippen LogP) is 15.9. The number of rotatable bonds is 7. The van der Waals surface area contributed by atoms with Gasteiger partial charge in [0.15, 0.2) is 0 Å². The van der Waals surface area contributed by atoms with Gasteiger partial charge in [-0.3, -0.25) is 4.98 Å². The summed E-state index contributed by atoms with van der Waals surface area (Å²) < 4.78 is 51.9. The first-order valence-corrected chi connectivity index (χ1v) is 31.4. The Morgan fingerprint density at radius 3 is 2.40 bits per heavy atom. The predicted molar refractivity (Wildman–Crippen MR) is 285 cm³/mol. The van der Waals surface area contributed by atoms with Crippen molar-refractivity contribution in [1.29, 1.82) is 0 Å². The van der Waals surface area contributed by atoms with Crippen LogP contribution < -0.4 is 4.40 Å². The maximum atomic E-state index is 8.95. The molecular formula is C60H54GeIrN4OS-2. The Morgan fingerprint density at radius 1 is 0.809 bits per heavy atom. The molecule has 341 valence electrons. The summed E-state index contributed by atoms with van der Waals surface area (Å²) in [6.45, 7) is 4.32. The zero-order chi connectivity index (χ0) is 50.3. The van der Waals surface area contributed by atoms with Crippen molar-refractivity contribution in [2.24, 2.45) is 5.92 Å². The van der Waals surface area contributed by atoms with E-state index in [1.807, 2.05) is 30.5 Å². The van der Waals surface area contributed by atoms with Crippen LogP contribution in [0.15, 0.2) is 138 Å². The molecule has 0 bridgehead atoms. The van der Waals surface area contributed by atoms with Crippen LogP contribution in [0.5, 0.6) is 0 Å². The van der Waals surface area contributed by atoms with Crippen molar-refractivity contribution in [1.82, 2.24) is 19.5 Å². The second-order valence-corrected chi connectivity index (χ2v) is 30.5. The molecule has 0 unspecified atom stereocenters. The van der Waals surface area contributed by atoms with Crippen LogP contribution in [0.4, 0.5) is 0 Å². The van der Waals surface area contributed by atoms with Crippen molar-refractivity contribution in [3.8, 4) is 39.6 Å². The van der Waals surface area contributed by atoms with Gasteiger partial charge >= 0.3 is 151 Å². The van der Waals surface area contributed by atoms with Gasteiger partial charge in [0.25, 0.3) is 0 Å². The number of para-hydroxylation sites is 3. The minimum atomic E-state index is -2.35. The number of pyridine rings is 2. The Hall–Kier alpha value is -5.70. The van der Waals surface area contributed by atoms with Crippen LogP contribution in [0.1, 0.15) is 60.4 Å². The number of fused-ring (bicyclic) bond motifs is 7. The van der Waals surface area contributed by atoms with E-state index in [-0.39, 0.29) is 31.6 Å². The summed E-state index contributed by atoms with van der Waals surface area (Å²) in [5, 5.41) is 4.65.